The van der Waals surface area contributed by atoms with Crippen LogP contribution in [-0.2, 0) is 11.2 Å². The van der Waals surface area contributed by atoms with Crippen molar-refractivity contribution in [3.05, 3.63) is 17.6 Å². The highest BCUT2D eigenvalue weighted by atomic mass is 16.5. The van der Waals surface area contributed by atoms with Gasteiger partial charge in [0.1, 0.15) is 11.6 Å². The van der Waals surface area contributed by atoms with Crippen molar-refractivity contribution >= 4 is 5.82 Å². The predicted octanol–water partition coefficient (Wildman–Crippen LogP) is 2.75. The first-order chi connectivity index (χ1) is 9.15. The number of nitrogens with zero attached hydrogens (tertiary/aromatic N) is 2. The zero-order chi connectivity index (χ0) is 13.4. The van der Waals surface area contributed by atoms with Crippen molar-refractivity contribution in [2.75, 3.05) is 12.4 Å². The highest BCUT2D eigenvalue weighted by molar-refractivity contribution is 5.36. The summed E-state index contributed by atoms with van der Waals surface area (Å²) in [6.45, 7) is 4.45. The molecule has 0 aliphatic carbocycles. The van der Waals surface area contributed by atoms with E-state index in [9.17, 15) is 0 Å². The fraction of sp³-hybridized carbons (Fsp3) is 0.733. The van der Waals surface area contributed by atoms with Gasteiger partial charge in [-0.25, -0.2) is 9.97 Å². The maximum absolute atomic E-state index is 5.93. The number of ether oxygens (including phenoxy) is 1. The van der Waals surface area contributed by atoms with Crippen molar-refractivity contribution in [2.45, 2.75) is 57.7 Å². The second-order valence-corrected chi connectivity index (χ2v) is 6.17. The zero-order valence-electron chi connectivity index (χ0n) is 12.0. The Balaban J connectivity index is 1.87. The van der Waals surface area contributed by atoms with Crippen molar-refractivity contribution in [1.82, 2.24) is 9.97 Å². The third-order valence-corrected chi connectivity index (χ3v) is 4.11. The normalized spacial score (nSPS) is 29.2. The minimum Gasteiger partial charge on any atom is -0.374 e. The van der Waals surface area contributed by atoms with Gasteiger partial charge >= 0.3 is 0 Å². The van der Waals surface area contributed by atoms with Crippen molar-refractivity contribution in [3.63, 3.8) is 0 Å². The van der Waals surface area contributed by atoms with Crippen molar-refractivity contribution < 1.29 is 4.74 Å². The van der Waals surface area contributed by atoms with E-state index in [4.69, 9.17) is 9.72 Å². The quantitative estimate of drug-likeness (QED) is 0.905. The van der Waals surface area contributed by atoms with Crippen LogP contribution in [-0.4, -0.2) is 29.2 Å². The molecule has 1 aromatic rings. The molecular weight excluding hydrogens is 238 g/mol. The van der Waals surface area contributed by atoms with Gasteiger partial charge in [0.25, 0.3) is 0 Å². The SMILES string of the molecule is CNc1cc(CC(C)C)nc(C2CC3CCC2O3)n1. The Morgan fingerprint density at radius 2 is 2.21 bits per heavy atom. The molecule has 3 atom stereocenters. The van der Waals surface area contributed by atoms with Crippen LogP contribution in [0.25, 0.3) is 0 Å². The van der Waals surface area contributed by atoms with E-state index >= 15 is 0 Å². The molecule has 19 heavy (non-hydrogen) atoms. The Morgan fingerprint density at radius 1 is 1.37 bits per heavy atom. The summed E-state index contributed by atoms with van der Waals surface area (Å²) in [6.07, 6.45) is 5.29. The molecule has 4 heteroatoms. The van der Waals surface area contributed by atoms with Gasteiger partial charge < -0.3 is 10.1 Å². The molecule has 1 N–H and O–H groups in total. The number of hydrogen-bond donors (Lipinski definition) is 1. The highest BCUT2D eigenvalue weighted by Gasteiger charge is 2.43. The fourth-order valence-electron chi connectivity index (χ4n) is 3.24. The molecule has 3 rings (SSSR count). The Bertz CT molecular complexity index is 461. The molecule has 1 aromatic heterocycles. The lowest BCUT2D eigenvalue weighted by Crippen LogP contribution is -2.18. The minimum atomic E-state index is 0.351. The molecule has 2 aliphatic rings. The van der Waals surface area contributed by atoms with Gasteiger partial charge in [0, 0.05) is 24.7 Å². The number of fused-ring (bicyclic) bond motifs is 2. The summed E-state index contributed by atoms with van der Waals surface area (Å²) in [5.74, 6) is 2.93. The van der Waals surface area contributed by atoms with E-state index in [2.05, 4.69) is 30.2 Å². The third kappa shape index (κ3) is 2.59. The van der Waals surface area contributed by atoms with E-state index in [0.717, 1.165) is 30.2 Å². The lowest BCUT2D eigenvalue weighted by atomic mass is 9.88. The van der Waals surface area contributed by atoms with E-state index in [0.29, 0.717) is 24.0 Å². The fourth-order valence-corrected chi connectivity index (χ4v) is 3.24. The van der Waals surface area contributed by atoms with Crippen molar-refractivity contribution in [3.8, 4) is 0 Å². The zero-order valence-corrected chi connectivity index (χ0v) is 12.0. The summed E-state index contributed by atoms with van der Waals surface area (Å²) in [4.78, 5) is 9.45. The summed E-state index contributed by atoms with van der Waals surface area (Å²) in [7, 11) is 1.92. The molecule has 2 bridgehead atoms. The maximum atomic E-state index is 5.93. The van der Waals surface area contributed by atoms with Crippen LogP contribution in [0.1, 0.15) is 50.5 Å². The molecule has 2 fully saturated rings. The van der Waals surface area contributed by atoms with E-state index in [1.165, 1.54) is 12.8 Å². The average molecular weight is 261 g/mol. The summed E-state index contributed by atoms with van der Waals surface area (Å²) < 4.78 is 5.93. The van der Waals surface area contributed by atoms with Crippen LogP contribution < -0.4 is 5.32 Å². The molecule has 104 valence electrons. The molecule has 4 nitrogen and oxygen atoms in total. The minimum absolute atomic E-state index is 0.351. The van der Waals surface area contributed by atoms with Gasteiger partial charge in [-0.1, -0.05) is 13.8 Å². The number of aromatic nitrogens is 2. The van der Waals surface area contributed by atoms with Gasteiger partial charge in [-0.05, 0) is 31.6 Å². The maximum Gasteiger partial charge on any atom is 0.136 e. The third-order valence-electron chi connectivity index (χ3n) is 4.11. The first-order valence-electron chi connectivity index (χ1n) is 7.36. The van der Waals surface area contributed by atoms with Crippen LogP contribution in [0.3, 0.4) is 0 Å². The highest BCUT2D eigenvalue weighted by Crippen LogP contribution is 2.43. The molecule has 3 unspecified atom stereocenters. The number of anilines is 1. The monoisotopic (exact) mass is 261 g/mol. The van der Waals surface area contributed by atoms with Gasteiger partial charge in [0.2, 0.25) is 0 Å². The molecule has 2 aliphatic heterocycles. The molecule has 0 radical (unpaired) electrons. The van der Waals surface area contributed by atoms with Gasteiger partial charge in [0.15, 0.2) is 0 Å². The predicted molar refractivity (Wildman–Crippen MR) is 75.4 cm³/mol. The van der Waals surface area contributed by atoms with E-state index < -0.39 is 0 Å². The molecular formula is C15H23N3O. The molecule has 3 heterocycles. The second-order valence-electron chi connectivity index (χ2n) is 6.17. The van der Waals surface area contributed by atoms with E-state index in [-0.39, 0.29) is 0 Å². The molecule has 0 amide bonds. The Kier molecular flexibility index (Phi) is 3.44. The van der Waals surface area contributed by atoms with Crippen molar-refractivity contribution in [1.29, 1.82) is 0 Å². The number of hydrogen-bond acceptors (Lipinski definition) is 4. The van der Waals surface area contributed by atoms with Crippen LogP contribution in [0, 0.1) is 5.92 Å². The Hall–Kier alpha value is -1.16. The Labute approximate surface area is 115 Å². The first kappa shape index (κ1) is 12.9. The molecule has 2 saturated heterocycles. The number of nitrogens with one attached hydrogen (secondary N) is 1. The molecule has 0 aromatic carbocycles. The second kappa shape index (κ2) is 5.08. The van der Waals surface area contributed by atoms with Gasteiger partial charge in [-0.15, -0.1) is 0 Å². The summed E-state index contributed by atoms with van der Waals surface area (Å²) in [6, 6.07) is 2.07. The van der Waals surface area contributed by atoms with E-state index in [1.54, 1.807) is 0 Å². The smallest absolute Gasteiger partial charge is 0.136 e. The van der Waals surface area contributed by atoms with Crippen LogP contribution >= 0.6 is 0 Å². The van der Waals surface area contributed by atoms with Crippen LogP contribution in [0.15, 0.2) is 6.07 Å². The summed E-state index contributed by atoms with van der Waals surface area (Å²) in [5, 5.41) is 3.16. The lowest BCUT2D eigenvalue weighted by Gasteiger charge is -2.19. The summed E-state index contributed by atoms with van der Waals surface area (Å²) >= 11 is 0. The van der Waals surface area contributed by atoms with Crippen LogP contribution in [0.5, 0.6) is 0 Å². The van der Waals surface area contributed by atoms with Crippen molar-refractivity contribution in [2.24, 2.45) is 5.92 Å². The Morgan fingerprint density at radius 3 is 2.79 bits per heavy atom. The van der Waals surface area contributed by atoms with Gasteiger partial charge in [-0.3, -0.25) is 0 Å². The van der Waals surface area contributed by atoms with Crippen LogP contribution in [0.4, 0.5) is 5.82 Å². The van der Waals surface area contributed by atoms with E-state index in [1.807, 2.05) is 7.05 Å². The van der Waals surface area contributed by atoms with Gasteiger partial charge in [-0.2, -0.15) is 0 Å². The number of rotatable bonds is 4. The largest absolute Gasteiger partial charge is 0.374 e. The standard InChI is InChI=1S/C15H23N3O/c1-9(2)6-10-7-14(16-3)18-15(17-10)12-8-11-4-5-13(12)19-11/h7,9,11-13H,4-6,8H2,1-3H3,(H,16,17,18). The van der Waals surface area contributed by atoms with Crippen LogP contribution in [0.2, 0.25) is 0 Å². The summed E-state index contributed by atoms with van der Waals surface area (Å²) in [5.41, 5.74) is 1.15. The lowest BCUT2D eigenvalue weighted by molar-refractivity contribution is 0.0998. The molecule has 0 saturated carbocycles. The first-order valence-corrected chi connectivity index (χ1v) is 7.36. The topological polar surface area (TPSA) is 47.0 Å². The average Bonchev–Trinajstić information content (AvgIpc) is 2.99. The molecule has 0 spiro atoms. The van der Waals surface area contributed by atoms with Gasteiger partial charge in [0.05, 0.1) is 12.2 Å².